The minimum absolute atomic E-state index is 0.961. The van der Waals surface area contributed by atoms with Crippen LogP contribution in [0.3, 0.4) is 0 Å². The monoisotopic (exact) mass is 210 g/mol. The van der Waals surface area contributed by atoms with Gasteiger partial charge in [-0.2, -0.15) is 0 Å². The molecule has 0 amide bonds. The summed E-state index contributed by atoms with van der Waals surface area (Å²) in [5, 5.41) is 2.23. The summed E-state index contributed by atoms with van der Waals surface area (Å²) in [5.74, 6) is 0. The molecule has 0 N–H and O–H groups in total. The van der Waals surface area contributed by atoms with Crippen molar-refractivity contribution < 1.29 is 0 Å². The summed E-state index contributed by atoms with van der Waals surface area (Å²) in [6.45, 7) is 5.94. The summed E-state index contributed by atoms with van der Waals surface area (Å²) in [5.41, 5.74) is 2.03. The molecular formula is C14H14N2. The maximum absolute atomic E-state index is 4.42. The van der Waals surface area contributed by atoms with Crippen LogP contribution in [0.15, 0.2) is 49.5 Å². The molecule has 16 heavy (non-hydrogen) atoms. The highest BCUT2D eigenvalue weighted by molar-refractivity contribution is 5.93. The van der Waals surface area contributed by atoms with Crippen LogP contribution in [0, 0.1) is 0 Å². The largest absolute Gasteiger partial charge is 0.264 e. The van der Waals surface area contributed by atoms with Gasteiger partial charge in [0.15, 0.2) is 0 Å². The van der Waals surface area contributed by atoms with Crippen molar-refractivity contribution in [1.82, 2.24) is 9.97 Å². The molecular weight excluding hydrogens is 196 g/mol. The predicted octanol–water partition coefficient (Wildman–Crippen LogP) is 3.61. The van der Waals surface area contributed by atoms with E-state index in [1.165, 1.54) is 0 Å². The molecule has 2 heteroatoms. The Bertz CT molecular complexity index is 536. The average Bonchev–Trinajstić information content (AvgIpc) is 2.35. The zero-order chi connectivity index (χ0) is 11.4. The SMILES string of the molecule is C=C/C(=C\CC)c1nccc2ccncc12. The third kappa shape index (κ3) is 1.87. The van der Waals surface area contributed by atoms with Crippen molar-refractivity contribution in [3.63, 3.8) is 0 Å². The molecule has 0 aliphatic carbocycles. The number of fused-ring (bicyclic) bond motifs is 1. The molecule has 0 radical (unpaired) electrons. The Labute approximate surface area is 95.4 Å². The summed E-state index contributed by atoms with van der Waals surface area (Å²) in [6.07, 6.45) is 10.4. The maximum Gasteiger partial charge on any atom is 0.0792 e. The Kier molecular flexibility index (Phi) is 3.10. The summed E-state index contributed by atoms with van der Waals surface area (Å²) in [6, 6.07) is 3.99. The van der Waals surface area contributed by atoms with Crippen molar-refractivity contribution in [3.8, 4) is 0 Å². The van der Waals surface area contributed by atoms with E-state index in [1.807, 2.05) is 30.6 Å². The normalized spacial score (nSPS) is 11.7. The van der Waals surface area contributed by atoms with Gasteiger partial charge in [-0.15, -0.1) is 0 Å². The average molecular weight is 210 g/mol. The van der Waals surface area contributed by atoms with Crippen LogP contribution in [-0.4, -0.2) is 9.97 Å². The molecule has 0 atom stereocenters. The second kappa shape index (κ2) is 4.71. The summed E-state index contributed by atoms with van der Waals surface area (Å²) < 4.78 is 0. The van der Waals surface area contributed by atoms with Crippen LogP contribution < -0.4 is 0 Å². The van der Waals surface area contributed by atoms with Gasteiger partial charge in [-0.25, -0.2) is 0 Å². The van der Waals surface area contributed by atoms with Crippen molar-refractivity contribution in [3.05, 3.63) is 55.1 Å². The van der Waals surface area contributed by atoms with E-state index in [2.05, 4.69) is 29.5 Å². The van der Waals surface area contributed by atoms with Gasteiger partial charge in [0.2, 0.25) is 0 Å². The zero-order valence-electron chi connectivity index (χ0n) is 9.35. The van der Waals surface area contributed by atoms with Gasteiger partial charge in [0.25, 0.3) is 0 Å². The molecule has 0 saturated heterocycles. The van der Waals surface area contributed by atoms with Crippen LogP contribution in [-0.2, 0) is 0 Å². The molecule has 0 fully saturated rings. The lowest BCUT2D eigenvalue weighted by molar-refractivity contribution is 1.21. The van der Waals surface area contributed by atoms with Crippen molar-refractivity contribution in [2.75, 3.05) is 0 Å². The number of nitrogens with zero attached hydrogens (tertiary/aromatic N) is 2. The molecule has 0 aliphatic rings. The quantitative estimate of drug-likeness (QED) is 0.723. The molecule has 2 rings (SSSR count). The first-order valence-electron chi connectivity index (χ1n) is 5.38. The molecule has 0 aliphatic heterocycles. The first kappa shape index (κ1) is 10.6. The minimum Gasteiger partial charge on any atom is -0.264 e. The molecule has 2 aromatic rings. The van der Waals surface area contributed by atoms with Crippen LogP contribution >= 0.6 is 0 Å². The summed E-state index contributed by atoms with van der Waals surface area (Å²) in [4.78, 5) is 8.57. The molecule has 80 valence electrons. The smallest absolute Gasteiger partial charge is 0.0792 e. The lowest BCUT2D eigenvalue weighted by Crippen LogP contribution is -1.89. The fraction of sp³-hybridized carbons (Fsp3) is 0.143. The van der Waals surface area contributed by atoms with E-state index in [1.54, 1.807) is 6.20 Å². The number of rotatable bonds is 3. The molecule has 2 aromatic heterocycles. The van der Waals surface area contributed by atoms with Crippen LogP contribution in [0.2, 0.25) is 0 Å². The fourth-order valence-corrected chi connectivity index (χ4v) is 1.74. The highest BCUT2D eigenvalue weighted by Crippen LogP contribution is 2.22. The maximum atomic E-state index is 4.42. The van der Waals surface area contributed by atoms with E-state index in [-0.39, 0.29) is 0 Å². The number of allylic oxidation sites excluding steroid dienone is 3. The standard InChI is InChI=1S/C14H14N2/c1-3-5-11(4-2)14-13-10-15-8-6-12(13)7-9-16-14/h4-10H,2-3H2,1H3/b11-5+. The number of hydrogen-bond acceptors (Lipinski definition) is 2. The second-order valence-electron chi connectivity index (χ2n) is 3.53. The van der Waals surface area contributed by atoms with Crippen LogP contribution in [0.4, 0.5) is 0 Å². The molecule has 0 saturated carbocycles. The Hall–Kier alpha value is -1.96. The van der Waals surface area contributed by atoms with Gasteiger partial charge in [0.1, 0.15) is 0 Å². The number of pyridine rings is 2. The van der Waals surface area contributed by atoms with Crippen LogP contribution in [0.1, 0.15) is 19.0 Å². The van der Waals surface area contributed by atoms with Crippen LogP contribution in [0.25, 0.3) is 16.3 Å². The molecule has 0 bridgehead atoms. The van der Waals surface area contributed by atoms with E-state index in [0.29, 0.717) is 0 Å². The Morgan fingerprint density at radius 2 is 2.19 bits per heavy atom. The summed E-state index contributed by atoms with van der Waals surface area (Å²) in [7, 11) is 0. The molecule has 2 heterocycles. The summed E-state index contributed by atoms with van der Waals surface area (Å²) >= 11 is 0. The lowest BCUT2D eigenvalue weighted by Gasteiger charge is -2.05. The first-order chi connectivity index (χ1) is 7.86. The fourth-order valence-electron chi connectivity index (χ4n) is 1.74. The zero-order valence-corrected chi connectivity index (χ0v) is 9.35. The van der Waals surface area contributed by atoms with E-state index in [9.17, 15) is 0 Å². The third-order valence-electron chi connectivity index (χ3n) is 2.49. The van der Waals surface area contributed by atoms with Gasteiger partial charge in [0.05, 0.1) is 5.69 Å². The number of aromatic nitrogens is 2. The van der Waals surface area contributed by atoms with Gasteiger partial charge in [0, 0.05) is 24.0 Å². The van der Waals surface area contributed by atoms with Crippen molar-refractivity contribution in [2.45, 2.75) is 13.3 Å². The topological polar surface area (TPSA) is 25.8 Å². The molecule has 0 aromatic carbocycles. The van der Waals surface area contributed by atoms with Gasteiger partial charge >= 0.3 is 0 Å². The third-order valence-corrected chi connectivity index (χ3v) is 2.49. The second-order valence-corrected chi connectivity index (χ2v) is 3.53. The Morgan fingerprint density at radius 1 is 1.38 bits per heavy atom. The predicted molar refractivity (Wildman–Crippen MR) is 68.0 cm³/mol. The highest BCUT2D eigenvalue weighted by Gasteiger charge is 2.04. The van der Waals surface area contributed by atoms with Gasteiger partial charge in [-0.05, 0) is 29.5 Å². The van der Waals surface area contributed by atoms with Gasteiger partial charge in [-0.3, -0.25) is 9.97 Å². The van der Waals surface area contributed by atoms with Gasteiger partial charge < -0.3 is 0 Å². The van der Waals surface area contributed by atoms with E-state index >= 15 is 0 Å². The van der Waals surface area contributed by atoms with Crippen molar-refractivity contribution in [2.24, 2.45) is 0 Å². The Balaban J connectivity index is 2.68. The molecule has 2 nitrogen and oxygen atoms in total. The van der Waals surface area contributed by atoms with E-state index in [4.69, 9.17) is 0 Å². The number of hydrogen-bond donors (Lipinski definition) is 0. The van der Waals surface area contributed by atoms with Crippen molar-refractivity contribution >= 4 is 16.3 Å². The molecule has 0 spiro atoms. The van der Waals surface area contributed by atoms with Gasteiger partial charge in [-0.1, -0.05) is 25.7 Å². The minimum atomic E-state index is 0.961. The lowest BCUT2D eigenvalue weighted by atomic mass is 10.1. The van der Waals surface area contributed by atoms with E-state index < -0.39 is 0 Å². The highest BCUT2D eigenvalue weighted by atomic mass is 14.7. The van der Waals surface area contributed by atoms with Crippen molar-refractivity contribution in [1.29, 1.82) is 0 Å². The Morgan fingerprint density at radius 3 is 2.94 bits per heavy atom. The first-order valence-corrected chi connectivity index (χ1v) is 5.38. The van der Waals surface area contributed by atoms with Crippen LogP contribution in [0.5, 0.6) is 0 Å². The molecule has 0 unspecified atom stereocenters. The van der Waals surface area contributed by atoms with E-state index in [0.717, 1.165) is 28.5 Å².